The van der Waals surface area contributed by atoms with Gasteiger partial charge in [-0.2, -0.15) is 0 Å². The van der Waals surface area contributed by atoms with Gasteiger partial charge in [-0.15, -0.1) is 0 Å². The van der Waals surface area contributed by atoms with E-state index in [-0.39, 0.29) is 0 Å². The molecule has 2 aliphatic rings. The summed E-state index contributed by atoms with van der Waals surface area (Å²) in [4.78, 5) is 15.3. The van der Waals surface area contributed by atoms with Crippen LogP contribution in [-0.4, -0.2) is 34.9 Å². The summed E-state index contributed by atoms with van der Waals surface area (Å²) in [5.74, 6) is 0.786. The normalized spacial score (nSPS) is 19.8. The van der Waals surface area contributed by atoms with E-state index in [1.807, 2.05) is 30.7 Å². The lowest BCUT2D eigenvalue weighted by atomic mass is 9.96. The number of hydrogen-bond acceptors (Lipinski definition) is 5. The van der Waals surface area contributed by atoms with Gasteiger partial charge in [-0.25, -0.2) is 9.98 Å². The fourth-order valence-corrected chi connectivity index (χ4v) is 2.67. The number of nitrogens with one attached hydrogen (secondary N) is 1. The molecule has 106 valence electrons. The largest absolute Gasteiger partial charge is 0.352 e. The Morgan fingerprint density at radius 1 is 1.20 bits per heavy atom. The fraction of sp³-hybridized carbons (Fsp3) is 0.533. The van der Waals surface area contributed by atoms with Gasteiger partial charge in [0.15, 0.2) is 0 Å². The molecule has 1 saturated carbocycles. The highest BCUT2D eigenvalue weighted by molar-refractivity contribution is 5.88. The standard InChI is InChI=1S/C15H21N5/c1-2-6-13(7-3-1)19-15-17-11-20(12-18-15)10-14-8-4-5-9-16-14/h4-5,8-9,11,13H,1-3,6-7,10,12H2,(H,18,19). The maximum atomic E-state index is 4.51. The zero-order valence-electron chi connectivity index (χ0n) is 11.7. The molecular formula is C15H21N5. The van der Waals surface area contributed by atoms with Gasteiger partial charge in [-0.1, -0.05) is 25.3 Å². The maximum absolute atomic E-state index is 4.51. The summed E-state index contributed by atoms with van der Waals surface area (Å²) >= 11 is 0. The van der Waals surface area contributed by atoms with Gasteiger partial charge in [0.1, 0.15) is 6.67 Å². The molecule has 20 heavy (non-hydrogen) atoms. The van der Waals surface area contributed by atoms with Crippen molar-refractivity contribution in [2.24, 2.45) is 9.98 Å². The van der Waals surface area contributed by atoms with Gasteiger partial charge >= 0.3 is 0 Å². The molecule has 1 aromatic rings. The molecule has 0 saturated heterocycles. The van der Waals surface area contributed by atoms with Crippen molar-refractivity contribution in [3.05, 3.63) is 30.1 Å². The Morgan fingerprint density at radius 2 is 2.10 bits per heavy atom. The summed E-state index contributed by atoms with van der Waals surface area (Å²) in [6.45, 7) is 1.40. The first-order valence-electron chi connectivity index (χ1n) is 7.39. The Morgan fingerprint density at radius 3 is 2.80 bits per heavy atom. The highest BCUT2D eigenvalue weighted by Gasteiger charge is 2.16. The molecule has 1 aliphatic heterocycles. The van der Waals surface area contributed by atoms with Crippen molar-refractivity contribution >= 4 is 12.3 Å². The minimum Gasteiger partial charge on any atom is -0.352 e. The van der Waals surface area contributed by atoms with E-state index in [1.165, 1.54) is 32.1 Å². The second kappa shape index (κ2) is 6.50. The summed E-state index contributed by atoms with van der Waals surface area (Å²) in [5, 5.41) is 3.45. The summed E-state index contributed by atoms with van der Waals surface area (Å²) < 4.78 is 0. The predicted molar refractivity (Wildman–Crippen MR) is 80.6 cm³/mol. The molecule has 0 unspecified atom stereocenters. The monoisotopic (exact) mass is 271 g/mol. The molecule has 1 N–H and O–H groups in total. The SMILES string of the molecule is C1=NC(NC2CCCCC2)=NCN1Cc1ccccn1. The van der Waals surface area contributed by atoms with Gasteiger partial charge in [-0.05, 0) is 25.0 Å². The second-order valence-corrected chi connectivity index (χ2v) is 5.41. The highest BCUT2D eigenvalue weighted by Crippen LogP contribution is 2.17. The average molecular weight is 271 g/mol. The fourth-order valence-electron chi connectivity index (χ4n) is 2.67. The molecule has 0 aromatic carbocycles. The van der Waals surface area contributed by atoms with Crippen molar-refractivity contribution in [3.8, 4) is 0 Å². The Hall–Kier alpha value is -1.91. The van der Waals surface area contributed by atoms with Crippen LogP contribution in [0.5, 0.6) is 0 Å². The Bertz CT molecular complexity index is 476. The van der Waals surface area contributed by atoms with E-state index >= 15 is 0 Å². The number of pyridine rings is 1. The van der Waals surface area contributed by atoms with E-state index < -0.39 is 0 Å². The van der Waals surface area contributed by atoms with E-state index in [0.29, 0.717) is 12.7 Å². The van der Waals surface area contributed by atoms with Crippen LogP contribution in [0, 0.1) is 0 Å². The first kappa shape index (κ1) is 13.1. The van der Waals surface area contributed by atoms with Crippen molar-refractivity contribution in [1.29, 1.82) is 0 Å². The zero-order chi connectivity index (χ0) is 13.6. The molecule has 3 rings (SSSR count). The van der Waals surface area contributed by atoms with Crippen LogP contribution >= 0.6 is 0 Å². The molecule has 5 heteroatoms. The lowest BCUT2D eigenvalue weighted by Gasteiger charge is -2.26. The van der Waals surface area contributed by atoms with Gasteiger partial charge in [0, 0.05) is 12.2 Å². The number of guanidine groups is 1. The summed E-state index contributed by atoms with van der Waals surface area (Å²) in [7, 11) is 0. The molecule has 0 atom stereocenters. The molecule has 0 spiro atoms. The zero-order valence-corrected chi connectivity index (χ0v) is 11.7. The molecule has 2 heterocycles. The third-order valence-electron chi connectivity index (χ3n) is 3.78. The van der Waals surface area contributed by atoms with Gasteiger partial charge in [0.05, 0.1) is 18.6 Å². The second-order valence-electron chi connectivity index (χ2n) is 5.41. The van der Waals surface area contributed by atoms with Crippen molar-refractivity contribution in [3.63, 3.8) is 0 Å². The van der Waals surface area contributed by atoms with Gasteiger partial charge in [0.2, 0.25) is 5.96 Å². The molecule has 1 fully saturated rings. The first-order valence-corrected chi connectivity index (χ1v) is 7.39. The number of hydrogen-bond donors (Lipinski definition) is 1. The van der Waals surface area contributed by atoms with E-state index in [1.54, 1.807) is 0 Å². The predicted octanol–water partition coefficient (Wildman–Crippen LogP) is 2.16. The number of nitrogens with zero attached hydrogens (tertiary/aromatic N) is 4. The number of rotatable bonds is 3. The minimum atomic E-state index is 0.557. The summed E-state index contributed by atoms with van der Waals surface area (Å²) in [5.41, 5.74) is 1.04. The van der Waals surface area contributed by atoms with Crippen LogP contribution in [0.25, 0.3) is 0 Å². The van der Waals surface area contributed by atoms with E-state index in [0.717, 1.165) is 18.2 Å². The van der Waals surface area contributed by atoms with E-state index in [4.69, 9.17) is 0 Å². The topological polar surface area (TPSA) is 52.9 Å². The van der Waals surface area contributed by atoms with Crippen LogP contribution in [0.1, 0.15) is 37.8 Å². The van der Waals surface area contributed by atoms with Crippen molar-refractivity contribution in [2.75, 3.05) is 6.67 Å². The van der Waals surface area contributed by atoms with Crippen LogP contribution in [0.2, 0.25) is 0 Å². The first-order chi connectivity index (χ1) is 9.90. The molecule has 5 nitrogen and oxygen atoms in total. The lowest BCUT2D eigenvalue weighted by Crippen LogP contribution is -2.38. The van der Waals surface area contributed by atoms with Crippen molar-refractivity contribution in [1.82, 2.24) is 15.2 Å². The summed E-state index contributed by atoms with van der Waals surface area (Å²) in [6, 6.07) is 6.51. The minimum absolute atomic E-state index is 0.557. The van der Waals surface area contributed by atoms with E-state index in [9.17, 15) is 0 Å². The van der Waals surface area contributed by atoms with Crippen LogP contribution in [-0.2, 0) is 6.54 Å². The Labute approximate surface area is 119 Å². The van der Waals surface area contributed by atoms with Gasteiger partial charge in [0.25, 0.3) is 0 Å². The molecule has 1 aliphatic carbocycles. The molecule has 0 bridgehead atoms. The van der Waals surface area contributed by atoms with Gasteiger partial charge in [-0.3, -0.25) is 4.98 Å². The smallest absolute Gasteiger partial charge is 0.221 e. The third kappa shape index (κ3) is 3.56. The molecule has 0 amide bonds. The molecule has 1 aromatic heterocycles. The number of aromatic nitrogens is 1. The van der Waals surface area contributed by atoms with Crippen LogP contribution in [0.15, 0.2) is 34.4 Å². The molecular weight excluding hydrogens is 250 g/mol. The third-order valence-corrected chi connectivity index (χ3v) is 3.78. The average Bonchev–Trinajstić information content (AvgIpc) is 2.51. The maximum Gasteiger partial charge on any atom is 0.221 e. The van der Waals surface area contributed by atoms with Crippen molar-refractivity contribution in [2.45, 2.75) is 44.7 Å². The Kier molecular flexibility index (Phi) is 4.25. The quantitative estimate of drug-likeness (QED) is 0.916. The van der Waals surface area contributed by atoms with Gasteiger partial charge < -0.3 is 10.2 Å². The van der Waals surface area contributed by atoms with Crippen LogP contribution in [0.4, 0.5) is 0 Å². The Balaban J connectivity index is 1.49. The van der Waals surface area contributed by atoms with E-state index in [2.05, 4.69) is 25.2 Å². The van der Waals surface area contributed by atoms with Crippen LogP contribution < -0.4 is 5.32 Å². The molecule has 0 radical (unpaired) electrons. The lowest BCUT2D eigenvalue weighted by molar-refractivity contribution is 0.402. The highest BCUT2D eigenvalue weighted by atomic mass is 15.3. The van der Waals surface area contributed by atoms with Crippen molar-refractivity contribution < 1.29 is 0 Å². The number of aliphatic imine (C=N–C) groups is 2. The summed E-state index contributed by atoms with van der Waals surface area (Å²) in [6.07, 6.45) is 10.2. The van der Waals surface area contributed by atoms with Crippen LogP contribution in [0.3, 0.4) is 0 Å².